The van der Waals surface area contributed by atoms with Gasteiger partial charge < -0.3 is 53.8 Å². The first-order valence-electron chi connectivity index (χ1n) is 33.0. The molecule has 0 bridgehead atoms. The fourth-order valence-electron chi connectivity index (χ4n) is 11.6. The van der Waals surface area contributed by atoms with Crippen LogP contribution in [-0.4, -0.2) is 99.3 Å². The Balaban J connectivity index is 0.000000127. The summed E-state index contributed by atoms with van der Waals surface area (Å²) in [5.74, 6) is 5.49. The van der Waals surface area contributed by atoms with E-state index in [1.165, 1.54) is 66.7 Å². The fraction of sp³-hybridized carbons (Fsp3) is 0.105. The smallest absolute Gasteiger partial charge is 0.239 e. The second kappa shape index (κ2) is 30.7. The average Bonchev–Trinajstić information content (AvgIpc) is 1.64. The second-order valence-corrected chi connectivity index (χ2v) is 25.0. The van der Waals surface area contributed by atoms with E-state index in [1.54, 1.807) is 87.8 Å². The summed E-state index contributed by atoms with van der Waals surface area (Å²) in [5, 5.41) is 12.6. The third-order valence-corrected chi connectivity index (χ3v) is 16.7. The fourth-order valence-corrected chi connectivity index (χ4v) is 11.7. The monoisotopic (exact) mass is 1480 g/mol. The number of hydrogen-bond donors (Lipinski definition) is 8. The molecule has 26 nitrogen and oxygen atoms in total. The lowest BCUT2D eigenvalue weighted by molar-refractivity contribution is 0.415. The van der Waals surface area contributed by atoms with Crippen molar-refractivity contribution in [1.29, 1.82) is 0 Å². The summed E-state index contributed by atoms with van der Waals surface area (Å²) in [6, 6.07) is 51.5. The lowest BCUT2D eigenvalue weighted by atomic mass is 10.2. The summed E-state index contributed by atoms with van der Waals surface area (Å²) in [6.07, 6.45) is 0. The topological polar surface area (TPSA) is 339 Å². The van der Waals surface area contributed by atoms with E-state index in [2.05, 4.69) is 81.1 Å². The van der Waals surface area contributed by atoms with Crippen molar-refractivity contribution in [2.24, 2.45) is 0 Å². The van der Waals surface area contributed by atoms with Gasteiger partial charge in [0.05, 0.1) is 56.3 Å². The highest BCUT2D eigenvalue weighted by atomic mass is 35.5. The summed E-state index contributed by atoms with van der Waals surface area (Å²) >= 11 is 5.70. The van der Waals surface area contributed by atoms with E-state index in [9.17, 15) is 22.0 Å². The Morgan fingerprint density at radius 2 is 0.667 bits per heavy atom. The highest BCUT2D eigenvalue weighted by Crippen LogP contribution is 2.31. The normalized spacial score (nSPS) is 11.0. The van der Waals surface area contributed by atoms with Crippen molar-refractivity contribution < 1.29 is 26.7 Å². The van der Waals surface area contributed by atoms with Gasteiger partial charge in [-0.1, -0.05) is 23.7 Å². The molecule has 16 rings (SSSR count). The molecule has 0 unspecified atom stereocenters. The molecule has 544 valence electrons. The minimum absolute atomic E-state index is 0.0194. The number of anilines is 13. The lowest BCUT2D eigenvalue weighted by Gasteiger charge is -2.14. The van der Waals surface area contributed by atoms with E-state index < -0.39 is 11.6 Å². The van der Waals surface area contributed by atoms with E-state index in [0.29, 0.717) is 126 Å². The van der Waals surface area contributed by atoms with Gasteiger partial charge in [-0.2, -0.15) is 39.9 Å². The van der Waals surface area contributed by atoms with Crippen LogP contribution in [-0.2, 0) is 0 Å². The number of nitrogen functional groups attached to an aromatic ring is 4. The SMILES string of the molecule is COc1ccc(Nc2cc(N)nc(-n3c(C)nc4ccc(F)cc43)n2)cc1.Cc1cccc(Nc2cc(N)nc(-n3c(C)nc4ccc(F)cc43)n2)c1.Cc1nc2ccc(F)cc2n1-c1nc(N)cc(Nc2ccc(Cl)c(F)c2)n1.Cc1nc2ccc(F)cc2n1-c1nc(N)cc(Nc2ccc(N(C)C)cc2)n1. The molecule has 0 spiro atoms. The van der Waals surface area contributed by atoms with Crippen LogP contribution in [0, 0.1) is 63.7 Å². The van der Waals surface area contributed by atoms with E-state index in [1.807, 2.05) is 113 Å². The van der Waals surface area contributed by atoms with Gasteiger partial charge in [-0.3, -0.25) is 18.3 Å². The summed E-state index contributed by atoms with van der Waals surface area (Å²) in [4.78, 5) is 54.9. The van der Waals surface area contributed by atoms with Crippen molar-refractivity contribution in [3.05, 3.63) is 251 Å². The van der Waals surface area contributed by atoms with Gasteiger partial charge >= 0.3 is 0 Å². The molecule has 32 heteroatoms. The van der Waals surface area contributed by atoms with Gasteiger partial charge in [-0.15, -0.1) is 0 Å². The predicted octanol–water partition coefficient (Wildman–Crippen LogP) is 15.5. The molecule has 12 N–H and O–H groups in total. The third-order valence-electron chi connectivity index (χ3n) is 16.4. The maximum absolute atomic E-state index is 13.8. The number of benzene rings is 8. The summed E-state index contributed by atoms with van der Waals surface area (Å²) in [7, 11) is 5.58. The molecule has 0 atom stereocenters. The molecule has 16 aromatic rings. The number of aryl methyl sites for hydroxylation is 5. The Labute approximate surface area is 618 Å². The van der Waals surface area contributed by atoms with Gasteiger partial charge in [0, 0.05) is 91.1 Å². The molecule has 0 amide bonds. The van der Waals surface area contributed by atoms with Gasteiger partial charge in [0.15, 0.2) is 0 Å². The summed E-state index contributed by atoms with van der Waals surface area (Å²) in [5.41, 5.74) is 34.0. The van der Waals surface area contributed by atoms with Crippen LogP contribution in [0.1, 0.15) is 28.9 Å². The summed E-state index contributed by atoms with van der Waals surface area (Å²) in [6.45, 7) is 9.21. The number of hydrogen-bond acceptors (Lipinski definition) is 22. The van der Waals surface area contributed by atoms with Crippen molar-refractivity contribution in [3.8, 4) is 29.5 Å². The molecule has 0 aliphatic rings. The van der Waals surface area contributed by atoms with Crippen LogP contribution in [0.25, 0.3) is 67.9 Å². The zero-order chi connectivity index (χ0) is 76.2. The van der Waals surface area contributed by atoms with Crippen molar-refractivity contribution in [3.63, 3.8) is 0 Å². The van der Waals surface area contributed by atoms with Crippen molar-refractivity contribution >= 4 is 131 Å². The maximum Gasteiger partial charge on any atom is 0.239 e. The minimum Gasteiger partial charge on any atom is -0.497 e. The van der Waals surface area contributed by atoms with Crippen LogP contribution in [0.3, 0.4) is 0 Å². The zero-order valence-electron chi connectivity index (χ0n) is 59.0. The first kappa shape index (κ1) is 72.3. The average molecular weight is 1480 g/mol. The van der Waals surface area contributed by atoms with E-state index >= 15 is 0 Å². The number of halogens is 6. The first-order chi connectivity index (χ1) is 51.8. The second-order valence-electron chi connectivity index (χ2n) is 24.6. The molecule has 0 aliphatic heterocycles. The van der Waals surface area contributed by atoms with Crippen LogP contribution < -0.4 is 53.8 Å². The highest BCUT2D eigenvalue weighted by Gasteiger charge is 2.20. The molecule has 8 heterocycles. The number of aromatic nitrogens is 16. The van der Waals surface area contributed by atoms with E-state index in [0.717, 1.165) is 34.1 Å². The van der Waals surface area contributed by atoms with Crippen LogP contribution in [0.5, 0.6) is 5.75 Å². The largest absolute Gasteiger partial charge is 0.497 e. The summed E-state index contributed by atoms with van der Waals surface area (Å²) < 4.78 is 80.3. The minimum atomic E-state index is -0.559. The Kier molecular flexibility index (Phi) is 20.5. The Morgan fingerprint density at radius 3 is 0.981 bits per heavy atom. The van der Waals surface area contributed by atoms with Gasteiger partial charge in [0.1, 0.15) is 105 Å². The number of fused-ring (bicyclic) bond motifs is 4. The molecule has 0 fully saturated rings. The number of imidazole rings is 4. The van der Waals surface area contributed by atoms with Crippen LogP contribution in [0.15, 0.2) is 188 Å². The van der Waals surface area contributed by atoms with Crippen molar-refractivity contribution in [1.82, 2.24) is 78.1 Å². The van der Waals surface area contributed by atoms with Gasteiger partial charge in [0.2, 0.25) is 23.8 Å². The number of rotatable bonds is 14. The highest BCUT2D eigenvalue weighted by molar-refractivity contribution is 6.30. The molecule has 0 saturated carbocycles. The molecule has 8 aromatic carbocycles. The number of methoxy groups -OCH3 is 1. The van der Waals surface area contributed by atoms with Crippen LogP contribution in [0.4, 0.5) is 96.9 Å². The van der Waals surface area contributed by atoms with Gasteiger partial charge in [-0.25, -0.2) is 41.9 Å². The molecule has 0 radical (unpaired) electrons. The van der Waals surface area contributed by atoms with E-state index in [4.69, 9.17) is 39.3 Å². The molecule has 0 saturated heterocycles. The Morgan fingerprint density at radius 1 is 0.352 bits per heavy atom. The Bertz CT molecular complexity index is 6030. The number of nitrogens with two attached hydrogens (primary N) is 4. The third kappa shape index (κ3) is 16.4. The van der Waals surface area contributed by atoms with Gasteiger partial charge in [0.25, 0.3) is 0 Å². The molecular weight excluding hydrogens is 1410 g/mol. The van der Waals surface area contributed by atoms with Crippen LogP contribution in [0.2, 0.25) is 5.02 Å². The van der Waals surface area contributed by atoms with Crippen LogP contribution >= 0.6 is 11.6 Å². The number of nitrogens with one attached hydrogen (secondary N) is 4. The zero-order valence-corrected chi connectivity index (χ0v) is 59.7. The Hall–Kier alpha value is -14.1. The molecule has 0 aliphatic carbocycles. The quantitative estimate of drug-likeness (QED) is 0.0469. The molecular formula is C76H67ClF5N25O. The molecule has 8 aromatic heterocycles. The van der Waals surface area contributed by atoms with E-state index in [-0.39, 0.29) is 40.1 Å². The van der Waals surface area contributed by atoms with Crippen molar-refractivity contribution in [2.45, 2.75) is 34.6 Å². The number of ether oxygens (including phenoxy) is 1. The van der Waals surface area contributed by atoms with Gasteiger partial charge in [-0.05, 0) is 168 Å². The number of nitrogens with zero attached hydrogens (tertiary/aromatic N) is 17. The maximum atomic E-state index is 13.8. The molecule has 108 heavy (non-hydrogen) atoms. The lowest BCUT2D eigenvalue weighted by Crippen LogP contribution is -2.09. The van der Waals surface area contributed by atoms with Crippen molar-refractivity contribution in [2.75, 3.05) is 70.3 Å². The predicted molar refractivity (Wildman–Crippen MR) is 413 cm³/mol. The standard InChI is InChI=1S/C20H20FN7.C19H17FN6O.C19H17FN6.C18H13ClF2N6/c1-12-23-16-9-4-13(21)10-17(16)28(12)20-25-18(22)11-19(26-20)24-14-5-7-15(8-6-14)27(2)3;1-11-22-15-8-3-12(20)9-16(15)26(11)19-24-17(21)10-18(25-19)23-13-4-6-14(27-2)7-5-13;1-11-4-3-5-14(8-11)23-18-10-17(21)24-19(25-18)26-12(2)22-15-7-6-13(20)9-16(15)26;1-9-23-14-5-2-10(20)6-15(14)27(9)18-25-16(22)8-17(26-18)24-11-3-4-12(19)13(21)7-11/h4-11H,1-3H3,(H3,22,24,25,26);3-10H,1-2H3,(H3,21,23,24,25);3-10H,1-2H3,(H3,21,23,24,25);2-8H,1H3,(H3,22,24,25,26). The first-order valence-corrected chi connectivity index (χ1v) is 33.4.